The van der Waals surface area contributed by atoms with Crippen LogP contribution < -0.4 is 35.6 Å². The molecule has 0 radical (unpaired) electrons. The zero-order chi connectivity index (χ0) is 37.0. The molecule has 270 valence electrons. The van der Waals surface area contributed by atoms with E-state index in [2.05, 4.69) is 20.4 Å². The van der Waals surface area contributed by atoms with Crippen LogP contribution in [0.3, 0.4) is 0 Å². The summed E-state index contributed by atoms with van der Waals surface area (Å²) in [4.78, 5) is 60.5. The minimum absolute atomic E-state index is 0.0360. The van der Waals surface area contributed by atoms with Crippen molar-refractivity contribution in [1.82, 2.24) is 19.9 Å². The van der Waals surface area contributed by atoms with Crippen LogP contribution in [-0.2, 0) is 9.53 Å². The average molecular weight is 712 g/mol. The lowest BCUT2D eigenvalue weighted by molar-refractivity contribution is -0.133. The van der Waals surface area contributed by atoms with E-state index in [4.69, 9.17) is 9.47 Å². The van der Waals surface area contributed by atoms with Crippen molar-refractivity contribution in [2.75, 3.05) is 62.7 Å². The molecule has 3 aromatic carbocycles. The van der Waals surface area contributed by atoms with Crippen LogP contribution in [0.2, 0.25) is 0 Å². The van der Waals surface area contributed by atoms with Gasteiger partial charge < -0.3 is 34.8 Å². The Morgan fingerprint density at radius 3 is 2.18 bits per heavy atom. The highest BCUT2D eigenvalue weighted by Crippen LogP contribution is 2.37. The van der Waals surface area contributed by atoms with Gasteiger partial charge in [-0.15, -0.1) is 0 Å². The van der Waals surface area contributed by atoms with E-state index in [1.165, 1.54) is 67.0 Å². The van der Waals surface area contributed by atoms with Crippen LogP contribution in [0.25, 0.3) is 10.9 Å². The molecule has 1 fully saturated rings. The Balaban J connectivity index is 1.61. The summed E-state index contributed by atoms with van der Waals surface area (Å²) in [6.07, 6.45) is -0.771. The fraction of sp³-hybridized carbons (Fsp3) is 0.324. The Morgan fingerprint density at radius 2 is 1.55 bits per heavy atom. The number of fused-ring (bicyclic) bond motifs is 1. The first-order valence-corrected chi connectivity index (χ1v) is 15.7. The number of carbonyl (C=O) groups is 3. The van der Waals surface area contributed by atoms with Crippen LogP contribution in [0.1, 0.15) is 25.7 Å². The molecule has 14 nitrogen and oxygen atoms in total. The molecule has 0 unspecified atom stereocenters. The van der Waals surface area contributed by atoms with E-state index < -0.39 is 47.2 Å². The Kier molecular flexibility index (Phi) is 10.9. The Morgan fingerprint density at radius 1 is 0.882 bits per heavy atom. The van der Waals surface area contributed by atoms with Crippen molar-refractivity contribution in [3.8, 4) is 11.5 Å². The van der Waals surface area contributed by atoms with Crippen LogP contribution in [0.5, 0.6) is 11.5 Å². The zero-order valence-corrected chi connectivity index (χ0v) is 28.4. The first-order chi connectivity index (χ1) is 24.4. The van der Waals surface area contributed by atoms with Gasteiger partial charge in [-0.25, -0.2) is 32.4 Å². The van der Waals surface area contributed by atoms with Gasteiger partial charge >= 0.3 is 12.1 Å². The lowest BCUT2D eigenvalue weighted by Crippen LogP contribution is -2.59. The molecule has 0 bridgehead atoms. The number of ether oxygens (including phenoxy) is 3. The summed E-state index contributed by atoms with van der Waals surface area (Å²) in [6, 6.07) is 8.60. The number of hydrogen-bond acceptors (Lipinski definition) is 9. The number of nitrogens with zero attached hydrogens (tertiary/aromatic N) is 5. The molecule has 0 saturated carbocycles. The van der Waals surface area contributed by atoms with Gasteiger partial charge in [0.25, 0.3) is 5.56 Å². The summed E-state index contributed by atoms with van der Waals surface area (Å²) < 4.78 is 59.4. The van der Waals surface area contributed by atoms with Crippen LogP contribution in [-0.4, -0.2) is 86.1 Å². The maximum atomic E-state index is 14.5. The van der Waals surface area contributed by atoms with Crippen LogP contribution in [0.4, 0.5) is 34.1 Å². The molecule has 2 N–H and O–H groups in total. The second-order valence-electron chi connectivity index (χ2n) is 11.5. The number of amides is 4. The van der Waals surface area contributed by atoms with E-state index in [1.807, 2.05) is 0 Å². The number of anilines is 2. The number of methoxy groups -OCH3 is 3. The minimum Gasteiger partial charge on any atom is -0.497 e. The molecule has 1 aromatic heterocycles. The number of urea groups is 1. The monoisotopic (exact) mass is 711 g/mol. The van der Waals surface area contributed by atoms with Gasteiger partial charge in [0.2, 0.25) is 5.91 Å². The number of halogens is 3. The van der Waals surface area contributed by atoms with Gasteiger partial charge in [-0.2, -0.15) is 0 Å². The molecule has 51 heavy (non-hydrogen) atoms. The standard InChI is InChI=1S/C34H36F3N7O7/c1-19(38-34(48)51-5)31(45)41-12-14-42(15-13-41)44-30(40-27-18-26(37)25(36)17-24(27)32(44)46)20(2)43(28-11-10-23(49-3)16-29(28)50-4)33(47)39-22-8-6-21(35)7-9-22/h6-11,16-20H,12-15H2,1-5H3,(H,38,48)(H,39,47)/t19-,20-/m0/s1. The molecular formula is C34H36F3N7O7. The number of rotatable bonds is 9. The summed E-state index contributed by atoms with van der Waals surface area (Å²) in [5, 5.41) is 6.52. The van der Waals surface area contributed by atoms with E-state index in [9.17, 15) is 32.3 Å². The molecule has 17 heteroatoms. The van der Waals surface area contributed by atoms with Crippen LogP contribution in [0, 0.1) is 17.5 Å². The number of benzene rings is 3. The van der Waals surface area contributed by atoms with Gasteiger partial charge in [0.05, 0.1) is 57.1 Å². The normalized spacial score (nSPS) is 14.0. The highest BCUT2D eigenvalue weighted by Gasteiger charge is 2.34. The fourth-order valence-corrected chi connectivity index (χ4v) is 5.73. The van der Waals surface area contributed by atoms with Crippen molar-refractivity contribution in [2.24, 2.45) is 0 Å². The SMILES string of the molecule is COC(=O)N[C@@H](C)C(=O)N1CCN(n2c([C@H](C)N(C(=O)Nc3ccc(F)cc3)c3ccc(OC)cc3OC)nc3cc(F)c(F)cc3c2=O)CC1. The lowest BCUT2D eigenvalue weighted by Gasteiger charge is -2.39. The number of alkyl carbamates (subject to hydrolysis) is 1. The second-order valence-corrected chi connectivity index (χ2v) is 11.5. The summed E-state index contributed by atoms with van der Waals surface area (Å²) in [5.41, 5.74) is -0.431. The quantitative estimate of drug-likeness (QED) is 0.261. The molecular weight excluding hydrogens is 675 g/mol. The Bertz CT molecular complexity index is 2000. The number of nitrogens with one attached hydrogen (secondary N) is 2. The summed E-state index contributed by atoms with van der Waals surface area (Å²) in [7, 11) is 4.03. The third-order valence-corrected chi connectivity index (χ3v) is 8.38. The van der Waals surface area contributed by atoms with E-state index >= 15 is 0 Å². The summed E-state index contributed by atoms with van der Waals surface area (Å²) in [5.74, 6) is -2.78. The van der Waals surface area contributed by atoms with Crippen molar-refractivity contribution < 1.29 is 41.8 Å². The number of hydrogen-bond donors (Lipinski definition) is 2. The van der Waals surface area contributed by atoms with Gasteiger partial charge in [0.1, 0.15) is 23.4 Å². The van der Waals surface area contributed by atoms with Gasteiger partial charge in [-0.3, -0.25) is 14.5 Å². The largest absolute Gasteiger partial charge is 0.497 e. The van der Waals surface area contributed by atoms with E-state index in [-0.39, 0.29) is 65.9 Å². The molecule has 2 heterocycles. The van der Waals surface area contributed by atoms with Gasteiger partial charge in [0, 0.05) is 30.9 Å². The molecule has 4 aromatic rings. The number of carbonyl (C=O) groups excluding carboxylic acids is 3. The predicted octanol–water partition coefficient (Wildman–Crippen LogP) is 4.16. The highest BCUT2D eigenvalue weighted by atomic mass is 19.2. The van der Waals surface area contributed by atoms with Gasteiger partial charge in [-0.1, -0.05) is 0 Å². The van der Waals surface area contributed by atoms with Crippen LogP contribution in [0.15, 0.2) is 59.4 Å². The highest BCUT2D eigenvalue weighted by molar-refractivity contribution is 6.03. The molecule has 4 amide bonds. The van der Waals surface area contributed by atoms with Crippen LogP contribution >= 0.6 is 0 Å². The van der Waals surface area contributed by atoms with Crippen molar-refractivity contribution in [2.45, 2.75) is 25.9 Å². The van der Waals surface area contributed by atoms with E-state index in [0.29, 0.717) is 5.75 Å². The molecule has 1 aliphatic heterocycles. The van der Waals surface area contributed by atoms with E-state index in [0.717, 1.165) is 12.1 Å². The van der Waals surface area contributed by atoms with Gasteiger partial charge in [-0.05, 0) is 56.3 Å². The lowest BCUT2D eigenvalue weighted by atomic mass is 10.1. The molecule has 2 atom stereocenters. The molecule has 0 aliphatic carbocycles. The third-order valence-electron chi connectivity index (χ3n) is 8.38. The topological polar surface area (TPSA) is 148 Å². The Labute approximate surface area is 290 Å². The van der Waals surface area contributed by atoms with Crippen molar-refractivity contribution in [1.29, 1.82) is 0 Å². The Hall–Kier alpha value is -6.00. The maximum absolute atomic E-state index is 14.5. The maximum Gasteiger partial charge on any atom is 0.407 e. The third kappa shape index (κ3) is 7.61. The van der Waals surface area contributed by atoms with Crippen molar-refractivity contribution in [3.63, 3.8) is 0 Å². The fourth-order valence-electron chi connectivity index (χ4n) is 5.73. The minimum atomic E-state index is -1.25. The second kappa shape index (κ2) is 15.3. The molecule has 5 rings (SSSR count). The van der Waals surface area contributed by atoms with Crippen molar-refractivity contribution in [3.05, 3.63) is 88.2 Å². The molecule has 0 spiro atoms. The molecule has 1 saturated heterocycles. The summed E-state index contributed by atoms with van der Waals surface area (Å²) in [6.45, 7) is 3.49. The number of piperazine rings is 1. The first-order valence-electron chi connectivity index (χ1n) is 15.7. The summed E-state index contributed by atoms with van der Waals surface area (Å²) >= 11 is 0. The van der Waals surface area contributed by atoms with Crippen molar-refractivity contribution >= 4 is 40.3 Å². The smallest absolute Gasteiger partial charge is 0.407 e. The number of aromatic nitrogens is 2. The van der Waals surface area contributed by atoms with E-state index in [1.54, 1.807) is 30.1 Å². The van der Waals surface area contributed by atoms with Gasteiger partial charge in [0.15, 0.2) is 17.5 Å². The zero-order valence-electron chi connectivity index (χ0n) is 28.4. The predicted molar refractivity (Wildman–Crippen MR) is 181 cm³/mol. The first kappa shape index (κ1) is 36.3. The molecule has 1 aliphatic rings. The average Bonchev–Trinajstić information content (AvgIpc) is 3.13.